The summed E-state index contributed by atoms with van der Waals surface area (Å²) in [5.41, 5.74) is 1.29. The topological polar surface area (TPSA) is 76.7 Å². The van der Waals surface area contributed by atoms with E-state index >= 15 is 0 Å². The summed E-state index contributed by atoms with van der Waals surface area (Å²) in [4.78, 5) is 23.9. The second kappa shape index (κ2) is 9.58. The number of hydrogen-bond acceptors (Lipinski definition) is 5. The number of ether oxygens (including phenoxy) is 2. The minimum atomic E-state index is -0.188. The van der Waals surface area contributed by atoms with E-state index in [0.717, 1.165) is 5.75 Å². The van der Waals surface area contributed by atoms with Crippen LogP contribution in [0.5, 0.6) is 11.5 Å². The lowest BCUT2D eigenvalue weighted by atomic mass is 10.3. The predicted molar refractivity (Wildman–Crippen MR) is 101 cm³/mol. The molecule has 2 aromatic carbocycles. The van der Waals surface area contributed by atoms with Gasteiger partial charge < -0.3 is 20.1 Å². The number of benzene rings is 2. The number of thioether (sulfide) groups is 1. The predicted octanol–water partition coefficient (Wildman–Crippen LogP) is 3.01. The second-order valence-corrected chi connectivity index (χ2v) is 6.00. The van der Waals surface area contributed by atoms with Gasteiger partial charge in [0, 0.05) is 5.69 Å². The first kappa shape index (κ1) is 18.7. The smallest absolute Gasteiger partial charge is 0.234 e. The second-order valence-electron chi connectivity index (χ2n) is 5.02. The minimum Gasteiger partial charge on any atom is -0.497 e. The normalized spacial score (nSPS) is 10.0. The average Bonchev–Trinajstić information content (AvgIpc) is 2.62. The lowest BCUT2D eigenvalue weighted by Gasteiger charge is -2.09. The molecule has 132 valence electrons. The van der Waals surface area contributed by atoms with Crippen LogP contribution in [0.2, 0.25) is 0 Å². The molecule has 6 nitrogen and oxygen atoms in total. The van der Waals surface area contributed by atoms with Gasteiger partial charge in [0.1, 0.15) is 11.5 Å². The van der Waals surface area contributed by atoms with Gasteiger partial charge in [0.25, 0.3) is 0 Å². The van der Waals surface area contributed by atoms with E-state index in [1.807, 2.05) is 12.1 Å². The molecular weight excluding hydrogens is 340 g/mol. The zero-order chi connectivity index (χ0) is 18.1. The highest BCUT2D eigenvalue weighted by Gasteiger charge is 2.09. The van der Waals surface area contributed by atoms with Crippen molar-refractivity contribution in [3.8, 4) is 11.5 Å². The van der Waals surface area contributed by atoms with Crippen LogP contribution in [0, 0.1) is 0 Å². The monoisotopic (exact) mass is 360 g/mol. The molecule has 0 saturated heterocycles. The molecule has 0 aliphatic rings. The van der Waals surface area contributed by atoms with Gasteiger partial charge in [0.05, 0.1) is 31.4 Å². The number of para-hydroxylation sites is 2. The van der Waals surface area contributed by atoms with Gasteiger partial charge in [-0.15, -0.1) is 11.8 Å². The first-order valence-electron chi connectivity index (χ1n) is 7.57. The van der Waals surface area contributed by atoms with E-state index in [9.17, 15) is 9.59 Å². The fourth-order valence-electron chi connectivity index (χ4n) is 2.04. The van der Waals surface area contributed by atoms with Gasteiger partial charge in [-0.3, -0.25) is 9.59 Å². The lowest BCUT2D eigenvalue weighted by molar-refractivity contribution is -0.114. The Morgan fingerprint density at radius 2 is 1.52 bits per heavy atom. The highest BCUT2D eigenvalue weighted by molar-refractivity contribution is 8.00. The summed E-state index contributed by atoms with van der Waals surface area (Å²) in [7, 11) is 3.13. The average molecular weight is 360 g/mol. The maximum Gasteiger partial charge on any atom is 0.234 e. The largest absolute Gasteiger partial charge is 0.497 e. The Morgan fingerprint density at radius 3 is 2.16 bits per heavy atom. The van der Waals surface area contributed by atoms with Crippen LogP contribution in [0.25, 0.3) is 0 Å². The van der Waals surface area contributed by atoms with Crippen LogP contribution in [0.1, 0.15) is 0 Å². The van der Waals surface area contributed by atoms with E-state index in [0.29, 0.717) is 17.1 Å². The molecule has 25 heavy (non-hydrogen) atoms. The number of hydrogen-bond donors (Lipinski definition) is 2. The van der Waals surface area contributed by atoms with Crippen molar-refractivity contribution in [2.75, 3.05) is 36.4 Å². The minimum absolute atomic E-state index is 0.166. The van der Waals surface area contributed by atoms with Gasteiger partial charge in [-0.1, -0.05) is 12.1 Å². The molecule has 0 atom stereocenters. The summed E-state index contributed by atoms with van der Waals surface area (Å²) in [6.07, 6.45) is 0. The molecular formula is C18H20N2O4S. The van der Waals surface area contributed by atoms with Crippen LogP contribution < -0.4 is 20.1 Å². The Labute approximate surface area is 150 Å². The summed E-state index contributed by atoms with van der Waals surface area (Å²) in [6.45, 7) is 0. The van der Waals surface area contributed by atoms with E-state index in [1.165, 1.54) is 11.8 Å². The summed E-state index contributed by atoms with van der Waals surface area (Å²) in [5, 5.41) is 5.54. The Balaban J connectivity index is 1.73. The molecule has 2 N–H and O–H groups in total. The molecule has 0 fully saturated rings. The fourth-order valence-corrected chi connectivity index (χ4v) is 2.66. The van der Waals surface area contributed by atoms with Gasteiger partial charge in [0.2, 0.25) is 11.8 Å². The van der Waals surface area contributed by atoms with Gasteiger partial charge in [-0.2, -0.15) is 0 Å². The van der Waals surface area contributed by atoms with E-state index < -0.39 is 0 Å². The molecule has 2 amide bonds. The maximum atomic E-state index is 12.0. The van der Waals surface area contributed by atoms with Gasteiger partial charge in [-0.05, 0) is 36.4 Å². The number of anilines is 2. The van der Waals surface area contributed by atoms with E-state index in [2.05, 4.69) is 10.6 Å². The third kappa shape index (κ3) is 6.04. The number of carbonyl (C=O) groups is 2. The van der Waals surface area contributed by atoms with Gasteiger partial charge in [-0.25, -0.2) is 0 Å². The zero-order valence-electron chi connectivity index (χ0n) is 14.1. The molecule has 0 aliphatic carbocycles. The quantitative estimate of drug-likeness (QED) is 0.757. The van der Waals surface area contributed by atoms with Crippen molar-refractivity contribution in [3.05, 3.63) is 48.5 Å². The summed E-state index contributed by atoms with van der Waals surface area (Å²) < 4.78 is 10.2. The number of carbonyl (C=O) groups excluding carboxylic acids is 2. The SMILES string of the molecule is COc1ccc(NC(=O)CSCC(=O)Nc2ccccc2OC)cc1. The number of methoxy groups -OCH3 is 2. The Morgan fingerprint density at radius 1 is 0.880 bits per heavy atom. The van der Waals surface area contributed by atoms with Crippen molar-refractivity contribution in [2.24, 2.45) is 0 Å². The van der Waals surface area contributed by atoms with Crippen LogP contribution in [0.3, 0.4) is 0 Å². The van der Waals surface area contributed by atoms with E-state index in [-0.39, 0.29) is 23.3 Å². The summed E-state index contributed by atoms with van der Waals surface area (Å²) in [6, 6.07) is 14.2. The molecule has 0 heterocycles. The lowest BCUT2D eigenvalue weighted by Crippen LogP contribution is -2.18. The third-order valence-electron chi connectivity index (χ3n) is 3.22. The number of amides is 2. The van der Waals surface area contributed by atoms with Crippen molar-refractivity contribution in [2.45, 2.75) is 0 Å². The van der Waals surface area contributed by atoms with Crippen molar-refractivity contribution in [3.63, 3.8) is 0 Å². The highest BCUT2D eigenvalue weighted by atomic mass is 32.2. The van der Waals surface area contributed by atoms with Gasteiger partial charge in [0.15, 0.2) is 0 Å². The maximum absolute atomic E-state index is 12.0. The molecule has 0 unspecified atom stereocenters. The van der Waals surface area contributed by atoms with Crippen LogP contribution in [0.15, 0.2) is 48.5 Å². The number of rotatable bonds is 8. The fraction of sp³-hybridized carbons (Fsp3) is 0.222. The molecule has 0 saturated carbocycles. The molecule has 0 aliphatic heterocycles. The van der Waals surface area contributed by atoms with Crippen LogP contribution in [0.4, 0.5) is 11.4 Å². The van der Waals surface area contributed by atoms with Crippen molar-refractivity contribution < 1.29 is 19.1 Å². The molecule has 2 aromatic rings. The van der Waals surface area contributed by atoms with E-state index in [1.54, 1.807) is 50.6 Å². The molecule has 2 rings (SSSR count). The van der Waals surface area contributed by atoms with Crippen LogP contribution in [-0.2, 0) is 9.59 Å². The van der Waals surface area contributed by atoms with E-state index in [4.69, 9.17) is 9.47 Å². The van der Waals surface area contributed by atoms with Gasteiger partial charge >= 0.3 is 0 Å². The first-order valence-corrected chi connectivity index (χ1v) is 8.72. The third-order valence-corrected chi connectivity index (χ3v) is 4.15. The Bertz CT molecular complexity index is 719. The van der Waals surface area contributed by atoms with Crippen LogP contribution >= 0.6 is 11.8 Å². The number of nitrogens with one attached hydrogen (secondary N) is 2. The molecule has 0 aromatic heterocycles. The summed E-state index contributed by atoms with van der Waals surface area (Å²) >= 11 is 1.24. The zero-order valence-corrected chi connectivity index (χ0v) is 14.9. The summed E-state index contributed by atoms with van der Waals surface area (Å²) in [5.74, 6) is 1.32. The van der Waals surface area contributed by atoms with Crippen LogP contribution in [-0.4, -0.2) is 37.5 Å². The van der Waals surface area contributed by atoms with Crippen molar-refractivity contribution >= 4 is 35.0 Å². The Hall–Kier alpha value is -2.67. The molecule has 0 spiro atoms. The molecule has 0 radical (unpaired) electrons. The van der Waals surface area contributed by atoms with Crippen molar-refractivity contribution in [1.82, 2.24) is 0 Å². The molecule has 0 bridgehead atoms. The highest BCUT2D eigenvalue weighted by Crippen LogP contribution is 2.23. The first-order chi connectivity index (χ1) is 12.1. The Kier molecular flexibility index (Phi) is 7.16. The standard InChI is InChI=1S/C18H20N2O4S/c1-23-14-9-7-13(8-10-14)19-17(21)11-25-12-18(22)20-15-5-3-4-6-16(15)24-2/h3-10H,11-12H2,1-2H3,(H,19,21)(H,20,22). The molecule has 7 heteroatoms. The van der Waals surface area contributed by atoms with Crippen molar-refractivity contribution in [1.29, 1.82) is 0 Å².